The molecule has 1 aromatic rings. The van der Waals surface area contributed by atoms with Gasteiger partial charge in [0.05, 0.1) is 12.7 Å². The molecule has 1 aromatic carbocycles. The summed E-state index contributed by atoms with van der Waals surface area (Å²) in [5.41, 5.74) is 4.28. The van der Waals surface area contributed by atoms with Crippen molar-refractivity contribution in [1.29, 1.82) is 0 Å². The third kappa shape index (κ3) is 6.74. The summed E-state index contributed by atoms with van der Waals surface area (Å²) < 4.78 is 6.10. The highest BCUT2D eigenvalue weighted by atomic mass is 16.5. The summed E-state index contributed by atoms with van der Waals surface area (Å²) >= 11 is 0. The average molecular weight is 312 g/mol. The third-order valence-corrected chi connectivity index (χ3v) is 4.70. The fourth-order valence-electron chi connectivity index (χ4n) is 3.22. The van der Waals surface area contributed by atoms with Crippen LogP contribution in [0, 0.1) is 5.92 Å². The molecule has 1 aliphatic heterocycles. The van der Waals surface area contributed by atoms with Gasteiger partial charge in [0.25, 0.3) is 0 Å². The number of benzene rings is 1. The molecular formula is C22H32O. The number of allylic oxidation sites excluding steroid dienone is 4. The van der Waals surface area contributed by atoms with Crippen LogP contribution in [0.5, 0.6) is 0 Å². The van der Waals surface area contributed by atoms with Gasteiger partial charge < -0.3 is 4.74 Å². The van der Waals surface area contributed by atoms with E-state index in [-0.39, 0.29) is 0 Å². The molecule has 1 heterocycles. The summed E-state index contributed by atoms with van der Waals surface area (Å²) in [4.78, 5) is 0. The maximum Gasteiger partial charge on any atom is 0.0825 e. The molecule has 0 N–H and O–H groups in total. The molecule has 2 atom stereocenters. The lowest BCUT2D eigenvalue weighted by Crippen LogP contribution is -2.20. The standard InChI is InChI=1S/C22H32O/c1-18(2)9-7-10-19(3)11-8-12-20-15-16-22(23-17-20)21-13-5-4-6-14-21/h4-6,9,11,13-14,20,22H,7-8,10,12,15-17H2,1-3H3. The van der Waals surface area contributed by atoms with E-state index in [4.69, 9.17) is 4.74 Å². The summed E-state index contributed by atoms with van der Waals surface area (Å²) in [6.07, 6.45) is 12.4. The van der Waals surface area contributed by atoms with Gasteiger partial charge in [-0.1, -0.05) is 53.6 Å². The Balaban J connectivity index is 1.66. The van der Waals surface area contributed by atoms with Crippen molar-refractivity contribution < 1.29 is 4.74 Å². The van der Waals surface area contributed by atoms with Crippen molar-refractivity contribution in [1.82, 2.24) is 0 Å². The van der Waals surface area contributed by atoms with Crippen LogP contribution in [0.25, 0.3) is 0 Å². The monoisotopic (exact) mass is 312 g/mol. The lowest BCUT2D eigenvalue weighted by atomic mass is 9.91. The Morgan fingerprint density at radius 1 is 1.04 bits per heavy atom. The summed E-state index contributed by atoms with van der Waals surface area (Å²) in [6, 6.07) is 10.6. The van der Waals surface area contributed by atoms with Crippen LogP contribution in [0.15, 0.2) is 53.6 Å². The number of hydrogen-bond donors (Lipinski definition) is 0. The van der Waals surface area contributed by atoms with E-state index in [1.807, 2.05) is 0 Å². The molecule has 0 saturated carbocycles. The molecule has 0 radical (unpaired) electrons. The zero-order valence-corrected chi connectivity index (χ0v) is 15.1. The Morgan fingerprint density at radius 2 is 1.83 bits per heavy atom. The minimum atomic E-state index is 0.314. The van der Waals surface area contributed by atoms with Crippen LogP contribution < -0.4 is 0 Å². The minimum Gasteiger partial charge on any atom is -0.373 e. The Kier molecular flexibility index (Phi) is 7.61. The largest absolute Gasteiger partial charge is 0.373 e. The first-order valence-electron chi connectivity index (χ1n) is 9.10. The van der Waals surface area contributed by atoms with Crippen LogP contribution in [-0.2, 0) is 4.74 Å². The van der Waals surface area contributed by atoms with Gasteiger partial charge in [-0.25, -0.2) is 0 Å². The van der Waals surface area contributed by atoms with Gasteiger partial charge in [-0.3, -0.25) is 0 Å². The lowest BCUT2D eigenvalue weighted by Gasteiger charge is -2.29. The molecule has 0 amide bonds. The van der Waals surface area contributed by atoms with E-state index >= 15 is 0 Å². The molecule has 126 valence electrons. The highest BCUT2D eigenvalue weighted by molar-refractivity contribution is 5.17. The Bertz CT molecular complexity index is 500. The fourth-order valence-corrected chi connectivity index (χ4v) is 3.22. The zero-order valence-electron chi connectivity index (χ0n) is 15.1. The quantitative estimate of drug-likeness (QED) is 0.514. The maximum absolute atomic E-state index is 6.10. The van der Waals surface area contributed by atoms with Gasteiger partial charge in [-0.15, -0.1) is 0 Å². The highest BCUT2D eigenvalue weighted by Crippen LogP contribution is 2.32. The smallest absolute Gasteiger partial charge is 0.0825 e. The molecular weight excluding hydrogens is 280 g/mol. The molecule has 0 aromatic heterocycles. The molecule has 1 heteroatoms. The Labute approximate surface area is 142 Å². The molecule has 23 heavy (non-hydrogen) atoms. The van der Waals surface area contributed by atoms with E-state index in [0.717, 1.165) is 18.9 Å². The van der Waals surface area contributed by atoms with Crippen LogP contribution in [0.4, 0.5) is 0 Å². The molecule has 2 rings (SSSR count). The van der Waals surface area contributed by atoms with Crippen molar-refractivity contribution in [3.8, 4) is 0 Å². The van der Waals surface area contributed by atoms with E-state index in [1.54, 1.807) is 0 Å². The van der Waals surface area contributed by atoms with Gasteiger partial charge in [-0.2, -0.15) is 0 Å². The normalized spacial score (nSPS) is 22.0. The van der Waals surface area contributed by atoms with Crippen LogP contribution in [0.1, 0.15) is 71.0 Å². The van der Waals surface area contributed by atoms with Gasteiger partial charge in [-0.05, 0) is 70.8 Å². The van der Waals surface area contributed by atoms with Crippen LogP contribution >= 0.6 is 0 Å². The highest BCUT2D eigenvalue weighted by Gasteiger charge is 2.22. The lowest BCUT2D eigenvalue weighted by molar-refractivity contribution is -0.0190. The second kappa shape index (κ2) is 9.72. The minimum absolute atomic E-state index is 0.314. The van der Waals surface area contributed by atoms with Crippen LogP contribution in [-0.4, -0.2) is 6.61 Å². The van der Waals surface area contributed by atoms with E-state index in [2.05, 4.69) is 63.3 Å². The Hall–Kier alpha value is -1.34. The Morgan fingerprint density at radius 3 is 2.48 bits per heavy atom. The number of rotatable bonds is 7. The summed E-state index contributed by atoms with van der Waals surface area (Å²) in [5.74, 6) is 0.733. The van der Waals surface area contributed by atoms with Crippen molar-refractivity contribution in [3.05, 3.63) is 59.2 Å². The zero-order chi connectivity index (χ0) is 16.5. The van der Waals surface area contributed by atoms with Gasteiger partial charge in [0.15, 0.2) is 0 Å². The van der Waals surface area contributed by atoms with E-state index in [9.17, 15) is 0 Å². The first kappa shape index (κ1) is 18.0. The number of hydrogen-bond acceptors (Lipinski definition) is 1. The molecule has 0 aliphatic carbocycles. The SMILES string of the molecule is CC(C)=CCCC(C)=CCCC1CCC(c2ccccc2)OC1. The number of ether oxygens (including phenoxy) is 1. The van der Waals surface area contributed by atoms with Crippen molar-refractivity contribution in [2.24, 2.45) is 5.92 Å². The third-order valence-electron chi connectivity index (χ3n) is 4.70. The predicted molar refractivity (Wildman–Crippen MR) is 99.5 cm³/mol. The van der Waals surface area contributed by atoms with Crippen molar-refractivity contribution in [2.45, 2.75) is 65.4 Å². The van der Waals surface area contributed by atoms with Crippen molar-refractivity contribution in [2.75, 3.05) is 6.61 Å². The van der Waals surface area contributed by atoms with Crippen molar-refractivity contribution in [3.63, 3.8) is 0 Å². The second-order valence-corrected chi connectivity index (χ2v) is 7.12. The second-order valence-electron chi connectivity index (χ2n) is 7.12. The molecule has 2 unspecified atom stereocenters. The molecule has 1 nitrogen and oxygen atoms in total. The van der Waals surface area contributed by atoms with Crippen LogP contribution in [0.3, 0.4) is 0 Å². The molecule has 1 fully saturated rings. The fraction of sp³-hybridized carbons (Fsp3) is 0.545. The van der Waals surface area contributed by atoms with E-state index < -0.39 is 0 Å². The molecule has 1 aliphatic rings. The predicted octanol–water partition coefficient (Wildman–Crippen LogP) is 6.63. The first-order valence-corrected chi connectivity index (χ1v) is 9.10. The molecule has 0 spiro atoms. The van der Waals surface area contributed by atoms with Crippen molar-refractivity contribution >= 4 is 0 Å². The van der Waals surface area contributed by atoms with Crippen LogP contribution in [0.2, 0.25) is 0 Å². The summed E-state index contributed by atoms with van der Waals surface area (Å²) in [7, 11) is 0. The average Bonchev–Trinajstić information content (AvgIpc) is 2.56. The van der Waals surface area contributed by atoms with Gasteiger partial charge in [0.2, 0.25) is 0 Å². The van der Waals surface area contributed by atoms with Gasteiger partial charge in [0.1, 0.15) is 0 Å². The van der Waals surface area contributed by atoms with E-state index in [1.165, 1.54) is 48.8 Å². The first-order chi connectivity index (χ1) is 11.1. The topological polar surface area (TPSA) is 9.23 Å². The summed E-state index contributed by atoms with van der Waals surface area (Å²) in [5, 5.41) is 0. The van der Waals surface area contributed by atoms with Gasteiger partial charge in [0, 0.05) is 0 Å². The molecule has 1 saturated heterocycles. The molecule has 0 bridgehead atoms. The summed E-state index contributed by atoms with van der Waals surface area (Å²) in [6.45, 7) is 7.53. The maximum atomic E-state index is 6.10. The van der Waals surface area contributed by atoms with Gasteiger partial charge >= 0.3 is 0 Å². The van der Waals surface area contributed by atoms with E-state index in [0.29, 0.717) is 6.10 Å².